The summed E-state index contributed by atoms with van der Waals surface area (Å²) in [5, 5.41) is 23.7. The molecule has 0 saturated carbocycles. The molecule has 0 fully saturated rings. The summed E-state index contributed by atoms with van der Waals surface area (Å²) in [5.41, 5.74) is 1.47. The zero-order chi connectivity index (χ0) is 14.2. The molecular formula is C12H11N3O4. The van der Waals surface area contributed by atoms with Gasteiger partial charge in [0.1, 0.15) is 0 Å². The number of hydrogen-bond donors (Lipinski definition) is 1. The second kappa shape index (κ2) is 4.52. The lowest BCUT2D eigenvalue weighted by atomic mass is 10.2. The molecule has 2 rings (SSSR count). The van der Waals surface area contributed by atoms with Crippen LogP contribution < -0.4 is 0 Å². The summed E-state index contributed by atoms with van der Waals surface area (Å²) in [5.74, 6) is -1.14. The van der Waals surface area contributed by atoms with Crippen molar-refractivity contribution in [1.29, 1.82) is 0 Å². The highest BCUT2D eigenvalue weighted by atomic mass is 16.6. The summed E-state index contributed by atoms with van der Waals surface area (Å²) in [6.45, 7) is 3.33. The zero-order valence-electron chi connectivity index (χ0n) is 10.3. The van der Waals surface area contributed by atoms with E-state index in [2.05, 4.69) is 5.10 Å². The van der Waals surface area contributed by atoms with Crippen molar-refractivity contribution in [2.75, 3.05) is 0 Å². The third-order valence-corrected chi connectivity index (χ3v) is 2.74. The summed E-state index contributed by atoms with van der Waals surface area (Å²) in [7, 11) is 0. The summed E-state index contributed by atoms with van der Waals surface area (Å²) < 4.78 is 1.37. The van der Waals surface area contributed by atoms with Crippen molar-refractivity contribution >= 4 is 11.7 Å². The van der Waals surface area contributed by atoms with Gasteiger partial charge in [0.15, 0.2) is 5.69 Å². The van der Waals surface area contributed by atoms with E-state index in [1.165, 1.54) is 16.8 Å². The number of nitrogens with zero attached hydrogens (tertiary/aromatic N) is 3. The highest BCUT2D eigenvalue weighted by Gasteiger charge is 2.15. The number of aryl methyl sites for hydroxylation is 2. The number of carboxylic acid groups (broad SMARTS) is 1. The van der Waals surface area contributed by atoms with Gasteiger partial charge in [0.05, 0.1) is 10.6 Å². The standard InChI is InChI=1S/C12H11N3O4/c1-7-3-4-9(6-11(7)15(18)19)14-8(2)5-10(13-14)12(16)17/h3-6H,1-2H3,(H,16,17). The maximum atomic E-state index is 10.9. The van der Waals surface area contributed by atoms with Crippen LogP contribution in [0, 0.1) is 24.0 Å². The lowest BCUT2D eigenvalue weighted by molar-refractivity contribution is -0.385. The van der Waals surface area contributed by atoms with Crippen molar-refractivity contribution in [3.8, 4) is 5.69 Å². The molecule has 1 aromatic carbocycles. The normalized spacial score (nSPS) is 10.4. The average Bonchev–Trinajstić information content (AvgIpc) is 2.72. The Kier molecular flexibility index (Phi) is 3.04. The van der Waals surface area contributed by atoms with Gasteiger partial charge in [-0.05, 0) is 26.0 Å². The number of benzene rings is 1. The third-order valence-electron chi connectivity index (χ3n) is 2.74. The van der Waals surface area contributed by atoms with Crippen molar-refractivity contribution in [1.82, 2.24) is 9.78 Å². The molecule has 0 aliphatic heterocycles. The Bertz CT molecular complexity index is 676. The fourth-order valence-corrected chi connectivity index (χ4v) is 1.77. The van der Waals surface area contributed by atoms with E-state index in [0.29, 0.717) is 16.9 Å². The third kappa shape index (κ3) is 2.30. The fourth-order valence-electron chi connectivity index (χ4n) is 1.77. The van der Waals surface area contributed by atoms with Gasteiger partial charge in [0.2, 0.25) is 0 Å². The Hall–Kier alpha value is -2.70. The second-order valence-electron chi connectivity index (χ2n) is 4.12. The molecule has 1 heterocycles. The second-order valence-corrected chi connectivity index (χ2v) is 4.12. The van der Waals surface area contributed by atoms with Crippen molar-refractivity contribution in [3.05, 3.63) is 51.3 Å². The first-order valence-corrected chi connectivity index (χ1v) is 5.45. The van der Waals surface area contributed by atoms with Gasteiger partial charge >= 0.3 is 5.97 Å². The van der Waals surface area contributed by atoms with Crippen molar-refractivity contribution < 1.29 is 14.8 Å². The molecule has 1 N–H and O–H groups in total. The largest absolute Gasteiger partial charge is 0.476 e. The topological polar surface area (TPSA) is 98.3 Å². The molecule has 0 saturated heterocycles. The summed E-state index contributed by atoms with van der Waals surface area (Å²) in [4.78, 5) is 21.3. The molecule has 1 aromatic heterocycles. The number of nitro groups is 1. The molecule has 0 aliphatic rings. The smallest absolute Gasteiger partial charge is 0.356 e. The molecule has 0 radical (unpaired) electrons. The zero-order valence-corrected chi connectivity index (χ0v) is 10.3. The first-order valence-electron chi connectivity index (χ1n) is 5.45. The minimum absolute atomic E-state index is 0.0238. The van der Waals surface area contributed by atoms with Gasteiger partial charge in [-0.25, -0.2) is 9.48 Å². The molecule has 0 amide bonds. The van der Waals surface area contributed by atoms with Crippen molar-refractivity contribution in [2.24, 2.45) is 0 Å². The highest BCUT2D eigenvalue weighted by molar-refractivity contribution is 5.85. The van der Waals surface area contributed by atoms with E-state index in [0.717, 1.165) is 0 Å². The molecule has 0 spiro atoms. The number of rotatable bonds is 3. The molecule has 7 nitrogen and oxygen atoms in total. The molecule has 0 bridgehead atoms. The number of hydrogen-bond acceptors (Lipinski definition) is 4. The summed E-state index contributed by atoms with van der Waals surface area (Å²) in [6, 6.07) is 6.05. The van der Waals surface area contributed by atoms with Gasteiger partial charge in [-0.2, -0.15) is 5.10 Å². The van der Waals surface area contributed by atoms with Crippen molar-refractivity contribution in [2.45, 2.75) is 13.8 Å². The predicted molar refractivity (Wildman–Crippen MR) is 66.7 cm³/mol. The van der Waals surface area contributed by atoms with Gasteiger partial charge in [-0.3, -0.25) is 10.1 Å². The van der Waals surface area contributed by atoms with Gasteiger partial charge in [0, 0.05) is 17.3 Å². The minimum atomic E-state index is -1.14. The maximum Gasteiger partial charge on any atom is 0.356 e. The van der Waals surface area contributed by atoms with Crippen LogP contribution in [-0.2, 0) is 0 Å². The van der Waals surface area contributed by atoms with E-state index in [-0.39, 0.29) is 11.4 Å². The number of aromatic nitrogens is 2. The van der Waals surface area contributed by atoms with Crippen LogP contribution >= 0.6 is 0 Å². The summed E-state index contributed by atoms with van der Waals surface area (Å²) in [6.07, 6.45) is 0. The van der Waals surface area contributed by atoms with Crippen LogP contribution in [0.1, 0.15) is 21.7 Å². The molecule has 2 aromatic rings. The molecule has 7 heteroatoms. The Morgan fingerprint density at radius 2 is 2.05 bits per heavy atom. The number of carbonyl (C=O) groups is 1. The van der Waals surface area contributed by atoms with E-state index in [4.69, 9.17) is 5.11 Å². The Morgan fingerprint density at radius 1 is 1.37 bits per heavy atom. The SMILES string of the molecule is Cc1ccc(-n2nc(C(=O)O)cc2C)cc1[N+](=O)[O-]. The summed E-state index contributed by atoms with van der Waals surface area (Å²) >= 11 is 0. The highest BCUT2D eigenvalue weighted by Crippen LogP contribution is 2.22. The number of carboxylic acids is 1. The predicted octanol–water partition coefficient (Wildman–Crippen LogP) is 2.10. The lowest BCUT2D eigenvalue weighted by Gasteiger charge is -2.05. The van der Waals surface area contributed by atoms with E-state index in [1.54, 1.807) is 26.0 Å². The molecule has 19 heavy (non-hydrogen) atoms. The van der Waals surface area contributed by atoms with Gasteiger partial charge in [0.25, 0.3) is 5.69 Å². The molecule has 0 atom stereocenters. The van der Waals surface area contributed by atoms with Crippen LogP contribution in [0.25, 0.3) is 5.69 Å². The van der Waals surface area contributed by atoms with Crippen LogP contribution in [-0.4, -0.2) is 25.8 Å². The van der Waals surface area contributed by atoms with Crippen LogP contribution in [0.2, 0.25) is 0 Å². The van der Waals surface area contributed by atoms with Gasteiger partial charge < -0.3 is 5.11 Å². The van der Waals surface area contributed by atoms with Crippen LogP contribution in [0.5, 0.6) is 0 Å². The maximum absolute atomic E-state index is 10.9. The fraction of sp³-hybridized carbons (Fsp3) is 0.167. The Balaban J connectivity index is 2.56. The van der Waals surface area contributed by atoms with Crippen LogP contribution in [0.4, 0.5) is 5.69 Å². The van der Waals surface area contributed by atoms with Crippen LogP contribution in [0.15, 0.2) is 24.3 Å². The molecule has 0 aliphatic carbocycles. The van der Waals surface area contributed by atoms with E-state index >= 15 is 0 Å². The quantitative estimate of drug-likeness (QED) is 0.673. The molecule has 0 unspecified atom stereocenters. The monoisotopic (exact) mass is 261 g/mol. The van der Waals surface area contributed by atoms with E-state index in [9.17, 15) is 14.9 Å². The van der Waals surface area contributed by atoms with Crippen molar-refractivity contribution in [3.63, 3.8) is 0 Å². The van der Waals surface area contributed by atoms with E-state index < -0.39 is 10.9 Å². The molecular weight excluding hydrogens is 250 g/mol. The first-order chi connectivity index (χ1) is 8.90. The number of aromatic carboxylic acids is 1. The van der Waals surface area contributed by atoms with E-state index in [1.807, 2.05) is 0 Å². The Labute approximate surface area is 108 Å². The average molecular weight is 261 g/mol. The Morgan fingerprint density at radius 3 is 2.58 bits per heavy atom. The van der Waals surface area contributed by atoms with Gasteiger partial charge in [-0.1, -0.05) is 6.07 Å². The minimum Gasteiger partial charge on any atom is -0.476 e. The lowest BCUT2D eigenvalue weighted by Crippen LogP contribution is -2.03. The first kappa shape index (κ1) is 12.7. The van der Waals surface area contributed by atoms with Gasteiger partial charge in [-0.15, -0.1) is 0 Å². The number of nitro benzene ring substituents is 1. The van der Waals surface area contributed by atoms with Crippen LogP contribution in [0.3, 0.4) is 0 Å². The molecule has 98 valence electrons.